The van der Waals surface area contributed by atoms with Crippen molar-refractivity contribution in [3.05, 3.63) is 327 Å². The van der Waals surface area contributed by atoms with Crippen LogP contribution in [-0.2, 0) is 28.1 Å². The van der Waals surface area contributed by atoms with Crippen molar-refractivity contribution in [2.24, 2.45) is 5.92 Å². The molecule has 4 aromatic heterocycles. The Bertz CT molecular complexity index is 5430. The number of nitrogens with zero attached hydrogens (tertiary/aromatic N) is 9. The molecular formula is C100H112ClF2N14NaO10S3. The molecule has 2 fully saturated rings. The van der Waals surface area contributed by atoms with Crippen LogP contribution in [0.25, 0.3) is 4.91 Å². The summed E-state index contributed by atoms with van der Waals surface area (Å²) in [5.74, 6) is 0.238. The van der Waals surface area contributed by atoms with Crippen molar-refractivity contribution in [3.63, 3.8) is 0 Å². The zero-order valence-corrected chi connectivity index (χ0v) is 80.0. The second-order valence-electron chi connectivity index (χ2n) is 30.7. The van der Waals surface area contributed by atoms with Crippen molar-refractivity contribution < 1.29 is 104 Å². The number of benzene rings is 7. The maximum atomic E-state index is 13.2. The molecule has 682 valence electrons. The monoisotopic (exact) mass is 1860 g/mol. The number of hydrazine groups is 1. The number of carboxylic acid groups (broad SMARTS) is 2. The molecule has 0 saturated carbocycles. The Morgan fingerprint density at radius 1 is 0.588 bits per heavy atom. The van der Waals surface area contributed by atoms with Gasteiger partial charge in [0.05, 0.1) is 81.6 Å². The number of anilines is 4. The normalized spacial score (nSPS) is 13.1. The molecule has 0 amide bonds. The van der Waals surface area contributed by atoms with Crippen LogP contribution >= 0.6 is 35.3 Å². The third-order valence-electron chi connectivity index (χ3n) is 20.8. The number of aromatic nitrogens is 8. The average molecular weight is 1860 g/mol. The number of morpholine rings is 1. The van der Waals surface area contributed by atoms with Crippen molar-refractivity contribution in [1.29, 1.82) is 0 Å². The van der Waals surface area contributed by atoms with Gasteiger partial charge in [-0.15, -0.1) is 43.9 Å². The topological polar surface area (TPSA) is 327 Å². The molecule has 1 unspecified atom stereocenters. The summed E-state index contributed by atoms with van der Waals surface area (Å²) < 4.78 is 43.6. The fraction of sp³-hybridized carbons (Fsp3) is 0.310. The van der Waals surface area contributed by atoms with E-state index in [1.165, 1.54) is 124 Å². The molecule has 14 rings (SSSR count). The van der Waals surface area contributed by atoms with Gasteiger partial charge in [-0.1, -0.05) is 167 Å². The number of carbonyl (C=O) groups excluding carboxylic acids is 4. The van der Waals surface area contributed by atoms with Crippen LogP contribution in [0.4, 0.5) is 31.5 Å². The van der Waals surface area contributed by atoms with Gasteiger partial charge in [-0.3, -0.25) is 24.7 Å². The van der Waals surface area contributed by atoms with Crippen LogP contribution in [0.5, 0.6) is 11.5 Å². The minimum atomic E-state index is -1.37. The van der Waals surface area contributed by atoms with Crippen molar-refractivity contribution in [2.45, 2.75) is 145 Å². The molecule has 0 spiro atoms. The van der Waals surface area contributed by atoms with E-state index in [4.69, 9.17) is 19.3 Å². The van der Waals surface area contributed by atoms with E-state index in [1.807, 2.05) is 103 Å². The Hall–Kier alpha value is -11.1. The Labute approximate surface area is 806 Å². The van der Waals surface area contributed by atoms with Gasteiger partial charge in [0.1, 0.15) is 40.2 Å². The van der Waals surface area contributed by atoms with Crippen LogP contribution in [0.1, 0.15) is 198 Å². The number of piperidine rings is 1. The standard InChI is InChI=1S/C26H30N4O4.C26H30N4O2.2C18H21FN2OS.C12H10N2O2S.ClH.Na/c31-26(32)25-24(11-12-27-29-25)28-22-7-3-20(4-8-22)19-21-5-9-23(10-6-21)34-16-2-1-13-30-14-17-33-18-15-30;1-19(31)26-25(12-16-28-30-26)29-23-6-2-21(3-7-23)18-22-4-8-24(9-5-22)32-17-13-20-10-14-27-15-11-20;2*1-3-4-5-6-16(14-7-9-15(19)10-8-14)23-17-11-12-20-21-18(17)13(2)22;15-12(16)11-10(6-7-13-14-11)17-8-9-4-2-1-3-5-9;;/h3-12H,1-2,13-19H2,(H,27,28)(H,31,32);2-9,12,16,20,27H,10-11,13-15,17-18H2,1H3,(H,28,29);7-12,16H,3-6H2,1-2H3;6-12,20-21H,3-5H2,1-2H3;1-7H,8H2,(H,15,16);1H;/q;;;;;;+1/p-1/b;;;16-6+;;;. The second-order valence-corrected chi connectivity index (χ2v) is 34.0. The largest absolute Gasteiger partial charge is 1.00 e. The minimum Gasteiger partial charge on any atom is -1.00 e. The van der Waals surface area contributed by atoms with Gasteiger partial charge in [0.25, 0.3) is 0 Å². The summed E-state index contributed by atoms with van der Waals surface area (Å²) in [4.78, 5) is 63.1. The summed E-state index contributed by atoms with van der Waals surface area (Å²) in [6.45, 7) is 17.8. The molecule has 2 saturated heterocycles. The van der Waals surface area contributed by atoms with E-state index < -0.39 is 11.9 Å². The number of aromatic carboxylic acids is 2. The van der Waals surface area contributed by atoms with Crippen LogP contribution in [0.15, 0.2) is 264 Å². The zero-order valence-electron chi connectivity index (χ0n) is 74.8. The summed E-state index contributed by atoms with van der Waals surface area (Å²) in [7, 11) is 0. The van der Waals surface area contributed by atoms with Gasteiger partial charge in [-0.25, -0.2) is 13.6 Å². The summed E-state index contributed by atoms with van der Waals surface area (Å²) in [6, 6.07) is 62.4. The Kier molecular flexibility index (Phi) is 47.1. The molecular weight excluding hydrogens is 1750 g/mol. The number of Topliss-reactive ketones (excluding diaryl/α,β-unsaturated/α-hetero) is 3. The van der Waals surface area contributed by atoms with Crippen molar-refractivity contribution in [2.75, 3.05) is 69.8 Å². The molecule has 3 aliphatic rings. The quantitative estimate of drug-likeness (QED) is 0.00902. The van der Waals surface area contributed by atoms with E-state index in [0.717, 1.165) is 189 Å². The summed E-state index contributed by atoms with van der Waals surface area (Å²) in [6.07, 6.45) is 27.0. The molecule has 7 N–H and O–H groups in total. The maximum Gasteiger partial charge on any atom is 1.00 e. The van der Waals surface area contributed by atoms with E-state index >= 15 is 0 Å². The molecule has 24 nitrogen and oxygen atoms in total. The first-order chi connectivity index (χ1) is 62.8. The first-order valence-electron chi connectivity index (χ1n) is 43.5. The average Bonchev–Trinajstić information content (AvgIpc) is 0.894. The molecule has 7 heterocycles. The first-order valence-corrected chi connectivity index (χ1v) is 46.2. The molecule has 0 aliphatic carbocycles. The van der Waals surface area contributed by atoms with Crippen LogP contribution < -0.4 is 83.3 Å². The molecule has 7 aromatic carbocycles. The van der Waals surface area contributed by atoms with Crippen molar-refractivity contribution in [3.8, 4) is 11.5 Å². The number of carboxylic acids is 2. The number of rotatable bonds is 39. The summed E-state index contributed by atoms with van der Waals surface area (Å²) in [5, 5.41) is 58.9. The van der Waals surface area contributed by atoms with Gasteiger partial charge < -0.3 is 63.0 Å². The first kappa shape index (κ1) is 105. The number of nitrogens with two attached hydrogens (primary N) is 1. The van der Waals surface area contributed by atoms with Crippen molar-refractivity contribution in [1.82, 2.24) is 56.5 Å². The van der Waals surface area contributed by atoms with Crippen molar-refractivity contribution >= 4 is 92.2 Å². The summed E-state index contributed by atoms with van der Waals surface area (Å²) in [5.41, 5.74) is 17.4. The number of ketones is 3. The number of hydrogen-bond donors (Lipinski definition) is 6. The predicted molar refractivity (Wildman–Crippen MR) is 504 cm³/mol. The van der Waals surface area contributed by atoms with Gasteiger partial charge in [0.15, 0.2) is 28.7 Å². The molecule has 1 atom stereocenters. The third-order valence-corrected chi connectivity index (χ3v) is 24.4. The van der Waals surface area contributed by atoms with E-state index in [9.17, 15) is 37.9 Å². The van der Waals surface area contributed by atoms with E-state index in [-0.39, 0.29) is 87.6 Å². The van der Waals surface area contributed by atoms with Gasteiger partial charge in [-0.2, -0.15) is 20.4 Å². The van der Waals surface area contributed by atoms with Crippen LogP contribution in [0, 0.1) is 17.6 Å². The number of quaternary nitrogens is 1. The second kappa shape index (κ2) is 58.6. The number of hydrogen-bond acceptors (Lipinski definition) is 25. The van der Waals surface area contributed by atoms with Gasteiger partial charge >= 0.3 is 35.5 Å². The minimum absolute atomic E-state index is 0. The Morgan fingerprint density at radius 2 is 1.11 bits per heavy atom. The maximum absolute atomic E-state index is 13.2. The number of carbonyl (C=O) groups is 5. The van der Waals surface area contributed by atoms with E-state index in [1.54, 1.807) is 60.7 Å². The van der Waals surface area contributed by atoms with Crippen LogP contribution in [0.2, 0.25) is 0 Å². The van der Waals surface area contributed by atoms with Gasteiger partial charge in [0, 0.05) is 82.0 Å². The molecule has 131 heavy (non-hydrogen) atoms. The van der Waals surface area contributed by atoms with Gasteiger partial charge in [-0.05, 0) is 212 Å². The molecule has 11 aromatic rings. The Morgan fingerprint density at radius 3 is 1.66 bits per heavy atom. The zero-order chi connectivity index (χ0) is 91.2. The van der Waals surface area contributed by atoms with E-state index in [0.29, 0.717) is 39.1 Å². The SMILES string of the molecule is CC(=O)c1nnccc1Nc1ccc(Cc2ccc(OCCC3CC[NH2+]CC3)cc2)cc1.CCCC/C=C(/SC1=C(C(C)=O)NNC=C1)c1ccc(F)cc1.CCCCCC(Sc1ccnnc1C(C)=O)c1ccc(F)cc1.O=C(O)c1nnccc1SCc1ccccc1.O=C([O-])c1nnccc1Nc1ccc(Cc2ccc(OCCCCN3CCOCC3)cc2)cc1.[Cl-].[Na+]. The number of ether oxygens (including phenoxy) is 3. The third kappa shape index (κ3) is 37.2. The van der Waals surface area contributed by atoms with Crippen LogP contribution in [0.3, 0.4) is 0 Å². The van der Waals surface area contributed by atoms with E-state index in [2.05, 4.69) is 141 Å². The molecule has 0 bridgehead atoms. The molecule has 31 heteroatoms. The Balaban J connectivity index is 0.000000205. The number of halogens is 3. The van der Waals surface area contributed by atoms with Crippen LogP contribution in [-0.4, -0.2) is 139 Å². The number of thioether (sulfide) groups is 3. The molecule has 0 radical (unpaired) electrons. The number of nitrogens with one attached hydrogen (secondary N) is 4. The number of unbranched alkanes of at least 4 members (excludes halogenated alkanes) is 5. The fourth-order valence-corrected chi connectivity index (χ4v) is 17.1. The fourth-order valence-electron chi connectivity index (χ4n) is 13.8. The number of allylic oxidation sites excluding steroid dienone is 3. The molecule has 3 aliphatic heterocycles. The van der Waals surface area contributed by atoms with Gasteiger partial charge in [0.2, 0.25) is 0 Å². The smallest absolute Gasteiger partial charge is 1.00 e. The summed E-state index contributed by atoms with van der Waals surface area (Å²) >= 11 is 4.57. The predicted octanol–water partition coefficient (Wildman–Crippen LogP) is 12.6.